The molecule has 1 aromatic carbocycles. The number of hydrogen-bond donors (Lipinski definition) is 1. The molecular formula is C19H30O4. The summed E-state index contributed by atoms with van der Waals surface area (Å²) in [7, 11) is 3.16. The normalized spacial score (nSPS) is 14.8. The largest absolute Gasteiger partial charge is 0.497 e. The van der Waals surface area contributed by atoms with Crippen molar-refractivity contribution < 1.29 is 19.4 Å². The van der Waals surface area contributed by atoms with Gasteiger partial charge in [-0.2, -0.15) is 0 Å². The molecule has 0 aliphatic carbocycles. The van der Waals surface area contributed by atoms with Gasteiger partial charge in [-0.05, 0) is 25.3 Å². The van der Waals surface area contributed by atoms with Crippen molar-refractivity contribution in [1.82, 2.24) is 0 Å². The smallest absolute Gasteiger partial charge is 0.314 e. The third kappa shape index (κ3) is 4.18. The number of carboxylic acids is 1. The van der Waals surface area contributed by atoms with Crippen LogP contribution in [0, 0.1) is 5.92 Å². The summed E-state index contributed by atoms with van der Waals surface area (Å²) in [5.41, 5.74) is -0.253. The molecule has 4 heteroatoms. The van der Waals surface area contributed by atoms with Crippen LogP contribution in [0.25, 0.3) is 0 Å². The molecule has 0 radical (unpaired) electrons. The molecule has 0 saturated carbocycles. The molecule has 130 valence electrons. The van der Waals surface area contributed by atoms with Crippen molar-refractivity contribution in [3.05, 3.63) is 23.8 Å². The number of ether oxygens (including phenoxy) is 2. The highest BCUT2D eigenvalue weighted by Crippen LogP contribution is 2.43. The second-order valence-electron chi connectivity index (χ2n) is 6.17. The number of rotatable bonds is 10. The van der Waals surface area contributed by atoms with E-state index in [0.717, 1.165) is 37.7 Å². The molecule has 0 saturated heterocycles. The number of carbonyl (C=O) groups is 1. The van der Waals surface area contributed by atoms with Gasteiger partial charge in [0.25, 0.3) is 0 Å². The van der Waals surface area contributed by atoms with Crippen molar-refractivity contribution in [3.63, 3.8) is 0 Å². The first-order chi connectivity index (χ1) is 10.9. The first-order valence-corrected chi connectivity index (χ1v) is 8.41. The summed E-state index contributed by atoms with van der Waals surface area (Å²) >= 11 is 0. The molecule has 2 atom stereocenters. The van der Waals surface area contributed by atoms with Gasteiger partial charge in [0.05, 0.1) is 19.6 Å². The van der Waals surface area contributed by atoms with Gasteiger partial charge in [-0.3, -0.25) is 4.79 Å². The molecule has 1 aromatic rings. The van der Waals surface area contributed by atoms with Gasteiger partial charge in [0, 0.05) is 11.6 Å². The minimum atomic E-state index is -0.972. The Morgan fingerprint density at radius 1 is 1.22 bits per heavy atom. The highest BCUT2D eigenvalue weighted by Gasteiger charge is 2.43. The summed E-state index contributed by atoms with van der Waals surface area (Å²) in [5, 5.41) is 10.0. The Morgan fingerprint density at radius 3 is 2.39 bits per heavy atom. The maximum absolute atomic E-state index is 12.2. The number of carboxylic acid groups (broad SMARTS) is 1. The zero-order chi connectivity index (χ0) is 17.5. The zero-order valence-electron chi connectivity index (χ0n) is 15.0. The summed E-state index contributed by atoms with van der Waals surface area (Å²) in [6.45, 7) is 6.04. The van der Waals surface area contributed by atoms with Crippen LogP contribution < -0.4 is 9.47 Å². The van der Waals surface area contributed by atoms with E-state index in [-0.39, 0.29) is 5.92 Å². The molecule has 0 spiro atoms. The Morgan fingerprint density at radius 2 is 1.91 bits per heavy atom. The minimum Gasteiger partial charge on any atom is -0.497 e. The molecule has 0 aromatic heterocycles. The van der Waals surface area contributed by atoms with Crippen molar-refractivity contribution in [1.29, 1.82) is 0 Å². The van der Waals surface area contributed by atoms with Crippen LogP contribution in [-0.4, -0.2) is 25.3 Å². The summed E-state index contributed by atoms with van der Waals surface area (Å²) in [6, 6.07) is 5.39. The van der Waals surface area contributed by atoms with E-state index < -0.39 is 11.4 Å². The van der Waals surface area contributed by atoms with E-state index >= 15 is 0 Å². The minimum absolute atomic E-state index is 0.0637. The van der Waals surface area contributed by atoms with E-state index in [1.54, 1.807) is 26.4 Å². The Kier molecular flexibility index (Phi) is 7.40. The van der Waals surface area contributed by atoms with E-state index in [4.69, 9.17) is 9.47 Å². The van der Waals surface area contributed by atoms with Crippen molar-refractivity contribution in [3.8, 4) is 11.5 Å². The Labute approximate surface area is 139 Å². The van der Waals surface area contributed by atoms with Gasteiger partial charge in [0.15, 0.2) is 0 Å². The van der Waals surface area contributed by atoms with Crippen LogP contribution in [0.5, 0.6) is 11.5 Å². The predicted octanol–water partition coefficient (Wildman–Crippen LogP) is 4.65. The molecule has 0 aliphatic heterocycles. The average Bonchev–Trinajstić information content (AvgIpc) is 2.57. The molecular weight excluding hydrogens is 292 g/mol. The van der Waals surface area contributed by atoms with E-state index in [1.807, 2.05) is 13.0 Å². The molecule has 0 heterocycles. The van der Waals surface area contributed by atoms with Gasteiger partial charge < -0.3 is 14.6 Å². The van der Waals surface area contributed by atoms with Crippen LogP contribution in [0.1, 0.15) is 58.4 Å². The van der Waals surface area contributed by atoms with Crippen molar-refractivity contribution >= 4 is 5.97 Å². The summed E-state index contributed by atoms with van der Waals surface area (Å²) in [6.07, 6.45) is 5.04. The van der Waals surface area contributed by atoms with Gasteiger partial charge in [-0.1, -0.05) is 45.6 Å². The number of hydrogen-bond acceptors (Lipinski definition) is 3. The molecule has 0 bridgehead atoms. The molecule has 1 N–H and O–H groups in total. The molecule has 0 aliphatic rings. The molecule has 0 fully saturated rings. The number of unbranched alkanes of at least 4 members (excludes halogenated alkanes) is 2. The van der Waals surface area contributed by atoms with Crippen LogP contribution in [-0.2, 0) is 10.2 Å². The third-order valence-corrected chi connectivity index (χ3v) is 4.88. The standard InChI is InChI=1S/C19H30O4/c1-6-8-9-10-14(7-2)19(3,18(20)21)16-12-11-15(22-4)13-17(16)23-5/h11-14H,6-10H2,1-5H3,(H,20,21). The average molecular weight is 322 g/mol. The summed E-state index contributed by atoms with van der Waals surface area (Å²) in [5.74, 6) is 0.499. The molecule has 4 nitrogen and oxygen atoms in total. The lowest BCUT2D eigenvalue weighted by Gasteiger charge is -2.35. The van der Waals surface area contributed by atoms with Gasteiger partial charge in [-0.15, -0.1) is 0 Å². The maximum Gasteiger partial charge on any atom is 0.314 e. The first-order valence-electron chi connectivity index (χ1n) is 8.41. The fourth-order valence-corrected chi connectivity index (χ4v) is 3.28. The fourth-order valence-electron chi connectivity index (χ4n) is 3.28. The Bertz CT molecular complexity index is 512. The maximum atomic E-state index is 12.2. The quantitative estimate of drug-likeness (QED) is 0.637. The molecule has 0 amide bonds. The third-order valence-electron chi connectivity index (χ3n) is 4.88. The van der Waals surface area contributed by atoms with Gasteiger partial charge in [0.2, 0.25) is 0 Å². The molecule has 1 rings (SSSR count). The predicted molar refractivity (Wildman–Crippen MR) is 92.5 cm³/mol. The van der Waals surface area contributed by atoms with E-state index in [9.17, 15) is 9.90 Å². The van der Waals surface area contributed by atoms with Crippen molar-refractivity contribution in [2.24, 2.45) is 5.92 Å². The van der Waals surface area contributed by atoms with Gasteiger partial charge in [-0.25, -0.2) is 0 Å². The van der Waals surface area contributed by atoms with E-state index in [0.29, 0.717) is 11.5 Å². The summed E-state index contributed by atoms with van der Waals surface area (Å²) in [4.78, 5) is 12.2. The second-order valence-corrected chi connectivity index (χ2v) is 6.17. The monoisotopic (exact) mass is 322 g/mol. The van der Waals surface area contributed by atoms with Crippen LogP contribution >= 0.6 is 0 Å². The lowest BCUT2D eigenvalue weighted by Crippen LogP contribution is -2.40. The topological polar surface area (TPSA) is 55.8 Å². The zero-order valence-corrected chi connectivity index (χ0v) is 15.0. The highest BCUT2D eigenvalue weighted by atomic mass is 16.5. The number of aliphatic carboxylic acids is 1. The van der Waals surface area contributed by atoms with E-state index in [2.05, 4.69) is 13.8 Å². The Balaban J connectivity index is 3.29. The molecule has 23 heavy (non-hydrogen) atoms. The van der Waals surface area contributed by atoms with Gasteiger partial charge in [0.1, 0.15) is 11.5 Å². The lowest BCUT2D eigenvalue weighted by atomic mass is 9.68. The summed E-state index contributed by atoms with van der Waals surface area (Å²) < 4.78 is 10.7. The SMILES string of the molecule is CCCCCC(CC)C(C)(C(=O)O)c1ccc(OC)cc1OC. The number of methoxy groups -OCH3 is 2. The van der Waals surface area contributed by atoms with Crippen LogP contribution in [0.4, 0.5) is 0 Å². The van der Waals surface area contributed by atoms with Crippen LogP contribution in [0.2, 0.25) is 0 Å². The van der Waals surface area contributed by atoms with Crippen molar-refractivity contribution in [2.45, 2.75) is 58.3 Å². The lowest BCUT2D eigenvalue weighted by molar-refractivity contribution is -0.145. The second kappa shape index (κ2) is 8.80. The Hall–Kier alpha value is -1.71. The highest BCUT2D eigenvalue weighted by molar-refractivity contribution is 5.82. The van der Waals surface area contributed by atoms with Gasteiger partial charge >= 0.3 is 5.97 Å². The first kappa shape index (κ1) is 19.3. The fraction of sp³-hybridized carbons (Fsp3) is 0.632. The van der Waals surface area contributed by atoms with Crippen LogP contribution in [0.3, 0.4) is 0 Å². The van der Waals surface area contributed by atoms with E-state index in [1.165, 1.54) is 0 Å². The van der Waals surface area contributed by atoms with Crippen LogP contribution in [0.15, 0.2) is 18.2 Å². The van der Waals surface area contributed by atoms with Crippen molar-refractivity contribution in [2.75, 3.05) is 14.2 Å². The number of benzene rings is 1. The molecule has 2 unspecified atom stereocenters.